The van der Waals surface area contributed by atoms with Gasteiger partial charge in [0.05, 0.1) is 12.6 Å². The maximum Gasteiger partial charge on any atom is 0.254 e. The largest absolute Gasteiger partial charge is 0.350 e. The molecule has 2 amide bonds. The molecule has 1 aromatic carbocycles. The van der Waals surface area contributed by atoms with E-state index in [0.29, 0.717) is 32.7 Å². The van der Waals surface area contributed by atoms with Gasteiger partial charge in [0.15, 0.2) is 11.6 Å². The lowest BCUT2D eigenvalue weighted by molar-refractivity contribution is -0.126. The number of carbonyl (C=O) groups is 2. The molecule has 0 spiro atoms. The van der Waals surface area contributed by atoms with Crippen molar-refractivity contribution in [1.82, 2.24) is 15.1 Å². The van der Waals surface area contributed by atoms with Crippen molar-refractivity contribution in [3.63, 3.8) is 0 Å². The topological polar surface area (TPSA) is 52.7 Å². The first-order valence-corrected chi connectivity index (χ1v) is 9.62. The Kier molecular flexibility index (Phi) is 6.18. The molecule has 3 rings (SSSR count). The van der Waals surface area contributed by atoms with E-state index in [1.54, 1.807) is 16.2 Å². The fourth-order valence-electron chi connectivity index (χ4n) is 3.02. The summed E-state index contributed by atoms with van der Waals surface area (Å²) in [7, 11) is 0. The molecule has 144 valence electrons. The van der Waals surface area contributed by atoms with Crippen LogP contribution in [0.5, 0.6) is 0 Å². The summed E-state index contributed by atoms with van der Waals surface area (Å²) in [6.07, 6.45) is 0. The Labute approximate surface area is 160 Å². The van der Waals surface area contributed by atoms with Gasteiger partial charge in [-0.25, -0.2) is 8.78 Å². The van der Waals surface area contributed by atoms with Crippen LogP contribution in [0.25, 0.3) is 0 Å². The molecule has 27 heavy (non-hydrogen) atoms. The van der Waals surface area contributed by atoms with Crippen molar-refractivity contribution >= 4 is 23.2 Å². The van der Waals surface area contributed by atoms with Gasteiger partial charge in [-0.1, -0.05) is 6.07 Å². The average Bonchev–Trinajstić information content (AvgIpc) is 3.21. The molecule has 0 saturated carbocycles. The quantitative estimate of drug-likeness (QED) is 0.849. The number of benzene rings is 1. The van der Waals surface area contributed by atoms with Gasteiger partial charge in [-0.05, 0) is 36.6 Å². The molecule has 1 saturated heterocycles. The van der Waals surface area contributed by atoms with Crippen molar-refractivity contribution in [3.05, 3.63) is 57.8 Å². The van der Waals surface area contributed by atoms with Crippen LogP contribution < -0.4 is 5.32 Å². The van der Waals surface area contributed by atoms with Crippen molar-refractivity contribution in [3.8, 4) is 0 Å². The summed E-state index contributed by atoms with van der Waals surface area (Å²) in [5.41, 5.74) is 0.129. The van der Waals surface area contributed by atoms with Crippen LogP contribution in [0.15, 0.2) is 35.7 Å². The van der Waals surface area contributed by atoms with E-state index in [2.05, 4.69) is 5.32 Å². The Morgan fingerprint density at radius 2 is 1.89 bits per heavy atom. The molecule has 1 aliphatic heterocycles. The van der Waals surface area contributed by atoms with Crippen molar-refractivity contribution in [1.29, 1.82) is 0 Å². The minimum atomic E-state index is -1.03. The molecule has 1 N–H and O–H groups in total. The highest BCUT2D eigenvalue weighted by molar-refractivity contribution is 7.09. The van der Waals surface area contributed by atoms with Crippen LogP contribution in [-0.2, 0) is 11.3 Å². The number of piperazine rings is 1. The summed E-state index contributed by atoms with van der Waals surface area (Å²) in [5, 5.41) is 4.89. The summed E-state index contributed by atoms with van der Waals surface area (Å²) in [6, 6.07) is 6.78. The lowest BCUT2D eigenvalue weighted by Gasteiger charge is -2.37. The average molecular weight is 393 g/mol. The predicted octanol–water partition coefficient (Wildman–Crippen LogP) is 2.49. The van der Waals surface area contributed by atoms with Gasteiger partial charge in [-0.15, -0.1) is 11.3 Å². The van der Waals surface area contributed by atoms with Crippen molar-refractivity contribution < 1.29 is 18.4 Å². The van der Waals surface area contributed by atoms with Gasteiger partial charge in [0, 0.05) is 36.6 Å². The van der Waals surface area contributed by atoms with Crippen LogP contribution in [0.4, 0.5) is 8.78 Å². The summed E-state index contributed by atoms with van der Waals surface area (Å²) >= 11 is 1.59. The SMILES string of the molecule is CC(C(=O)NCc1cccs1)N1CCN(C(=O)c2ccc(F)c(F)c2)CC1. The first kappa shape index (κ1) is 19.4. The van der Waals surface area contributed by atoms with Crippen LogP contribution in [0.2, 0.25) is 0 Å². The van der Waals surface area contributed by atoms with Crippen LogP contribution in [0.1, 0.15) is 22.2 Å². The second kappa shape index (κ2) is 8.58. The monoisotopic (exact) mass is 393 g/mol. The number of amides is 2. The standard InChI is InChI=1S/C19H21F2N3O2S/c1-13(18(25)22-12-15-3-2-10-27-15)23-6-8-24(9-7-23)19(26)14-4-5-16(20)17(21)11-14/h2-5,10-11,13H,6-9,12H2,1H3,(H,22,25). The molecule has 2 heterocycles. The van der Waals surface area contributed by atoms with Crippen molar-refractivity contribution in [2.45, 2.75) is 19.5 Å². The van der Waals surface area contributed by atoms with E-state index in [0.717, 1.165) is 17.0 Å². The summed E-state index contributed by atoms with van der Waals surface area (Å²) in [4.78, 5) is 29.5. The molecule has 1 aromatic heterocycles. The molecule has 0 bridgehead atoms. The molecule has 2 aromatic rings. The molecule has 1 aliphatic rings. The number of halogens is 2. The normalized spacial score (nSPS) is 16.2. The molecule has 1 unspecified atom stereocenters. The van der Waals surface area contributed by atoms with E-state index < -0.39 is 11.6 Å². The van der Waals surface area contributed by atoms with E-state index in [9.17, 15) is 18.4 Å². The molecule has 5 nitrogen and oxygen atoms in total. The van der Waals surface area contributed by atoms with Gasteiger partial charge in [0.2, 0.25) is 5.91 Å². The highest BCUT2D eigenvalue weighted by Crippen LogP contribution is 2.14. The maximum absolute atomic E-state index is 13.3. The third kappa shape index (κ3) is 4.70. The van der Waals surface area contributed by atoms with Gasteiger partial charge in [0.25, 0.3) is 5.91 Å². The zero-order chi connectivity index (χ0) is 19.4. The number of hydrogen-bond donors (Lipinski definition) is 1. The zero-order valence-corrected chi connectivity index (χ0v) is 15.8. The van der Waals surface area contributed by atoms with Crippen LogP contribution >= 0.6 is 11.3 Å². The summed E-state index contributed by atoms with van der Waals surface area (Å²) < 4.78 is 26.4. The smallest absolute Gasteiger partial charge is 0.254 e. The highest BCUT2D eigenvalue weighted by Gasteiger charge is 2.28. The third-order valence-corrected chi connectivity index (χ3v) is 5.59. The molecular weight excluding hydrogens is 372 g/mol. The van der Waals surface area contributed by atoms with E-state index in [1.165, 1.54) is 6.07 Å². The molecule has 0 aliphatic carbocycles. The summed E-state index contributed by atoms with van der Waals surface area (Å²) in [6.45, 7) is 4.30. The number of carbonyl (C=O) groups excluding carboxylic acids is 2. The Balaban J connectivity index is 1.50. The Bertz CT molecular complexity index is 805. The first-order valence-electron chi connectivity index (χ1n) is 8.74. The molecular formula is C19H21F2N3O2S. The van der Waals surface area contributed by atoms with Crippen LogP contribution in [0, 0.1) is 11.6 Å². The first-order chi connectivity index (χ1) is 13.0. The second-order valence-corrected chi connectivity index (χ2v) is 7.46. The molecule has 1 atom stereocenters. The fraction of sp³-hybridized carbons (Fsp3) is 0.368. The van der Waals surface area contributed by atoms with Gasteiger partial charge in [-0.2, -0.15) is 0 Å². The minimum Gasteiger partial charge on any atom is -0.350 e. The van der Waals surface area contributed by atoms with Crippen LogP contribution in [-0.4, -0.2) is 53.8 Å². The van der Waals surface area contributed by atoms with E-state index in [1.807, 2.05) is 29.3 Å². The molecule has 8 heteroatoms. The van der Waals surface area contributed by atoms with Crippen molar-refractivity contribution in [2.75, 3.05) is 26.2 Å². The number of nitrogens with one attached hydrogen (secondary N) is 1. The van der Waals surface area contributed by atoms with Gasteiger partial charge in [0.1, 0.15) is 0 Å². The Hall–Kier alpha value is -2.32. The molecule has 1 fully saturated rings. The Morgan fingerprint density at radius 3 is 2.52 bits per heavy atom. The number of nitrogens with zero attached hydrogens (tertiary/aromatic N) is 2. The van der Waals surface area contributed by atoms with Crippen molar-refractivity contribution in [2.24, 2.45) is 0 Å². The maximum atomic E-state index is 13.3. The lowest BCUT2D eigenvalue weighted by Crippen LogP contribution is -2.54. The van der Waals surface area contributed by atoms with Gasteiger partial charge in [-0.3, -0.25) is 14.5 Å². The highest BCUT2D eigenvalue weighted by atomic mass is 32.1. The number of rotatable bonds is 5. The third-order valence-electron chi connectivity index (χ3n) is 4.71. The van der Waals surface area contributed by atoms with E-state index in [4.69, 9.17) is 0 Å². The number of thiophene rings is 1. The number of hydrogen-bond acceptors (Lipinski definition) is 4. The van der Waals surface area contributed by atoms with Crippen LogP contribution in [0.3, 0.4) is 0 Å². The van der Waals surface area contributed by atoms with E-state index >= 15 is 0 Å². The zero-order valence-electron chi connectivity index (χ0n) is 15.0. The Morgan fingerprint density at radius 1 is 1.15 bits per heavy atom. The fourth-order valence-corrected chi connectivity index (χ4v) is 3.67. The minimum absolute atomic E-state index is 0.0521. The predicted molar refractivity (Wildman–Crippen MR) is 99.5 cm³/mol. The summed E-state index contributed by atoms with van der Waals surface area (Å²) in [5.74, 6) is -2.39. The molecule has 0 radical (unpaired) electrons. The van der Waals surface area contributed by atoms with E-state index in [-0.39, 0.29) is 23.4 Å². The van der Waals surface area contributed by atoms with Gasteiger partial charge >= 0.3 is 0 Å². The van der Waals surface area contributed by atoms with Gasteiger partial charge < -0.3 is 10.2 Å². The second-order valence-electron chi connectivity index (χ2n) is 6.43. The lowest BCUT2D eigenvalue weighted by atomic mass is 10.1.